The molecule has 2 amide bonds. The van der Waals surface area contributed by atoms with Crippen LogP contribution in [0.3, 0.4) is 0 Å². The fourth-order valence-corrected chi connectivity index (χ4v) is 2.37. The molecule has 0 saturated heterocycles. The summed E-state index contributed by atoms with van der Waals surface area (Å²) >= 11 is 0. The van der Waals surface area contributed by atoms with Crippen LogP contribution in [0.25, 0.3) is 0 Å². The molecule has 1 aliphatic carbocycles. The highest BCUT2D eigenvalue weighted by molar-refractivity contribution is 5.73. The molecule has 0 aliphatic heterocycles. The van der Waals surface area contributed by atoms with Crippen molar-refractivity contribution in [3.63, 3.8) is 0 Å². The van der Waals surface area contributed by atoms with E-state index in [2.05, 4.69) is 15.4 Å². The Balaban J connectivity index is 2.05. The Hall–Kier alpha value is -1.30. The number of nitrogens with one attached hydrogen (secondary N) is 2. The summed E-state index contributed by atoms with van der Waals surface area (Å²) in [4.78, 5) is 21.6. The average molecular weight is 257 g/mol. The molecule has 0 atom stereocenters. The summed E-state index contributed by atoms with van der Waals surface area (Å²) in [5, 5.41) is 6.01. The molecule has 0 aromatic heterocycles. The minimum atomic E-state index is -0.401. The predicted octanol–water partition coefficient (Wildman–Crippen LogP) is 0.366. The van der Waals surface area contributed by atoms with E-state index < -0.39 is 6.09 Å². The van der Waals surface area contributed by atoms with Crippen LogP contribution in [0, 0.1) is 5.92 Å². The monoisotopic (exact) mass is 257 g/mol. The van der Waals surface area contributed by atoms with Crippen molar-refractivity contribution in [2.75, 3.05) is 20.2 Å². The SMILES string of the molecule is COC(=O)NCCNC1CCC(CC(N)=O)CC1. The van der Waals surface area contributed by atoms with Gasteiger partial charge in [-0.3, -0.25) is 4.79 Å². The van der Waals surface area contributed by atoms with Crippen LogP contribution in [0.1, 0.15) is 32.1 Å². The van der Waals surface area contributed by atoms with Gasteiger partial charge in [-0.1, -0.05) is 0 Å². The Kier molecular flexibility index (Phi) is 6.49. The van der Waals surface area contributed by atoms with Crippen molar-refractivity contribution in [3.8, 4) is 0 Å². The van der Waals surface area contributed by atoms with Gasteiger partial charge in [-0.15, -0.1) is 0 Å². The highest BCUT2D eigenvalue weighted by Crippen LogP contribution is 2.26. The van der Waals surface area contributed by atoms with Crippen molar-refractivity contribution in [2.45, 2.75) is 38.1 Å². The number of hydrogen-bond acceptors (Lipinski definition) is 4. The van der Waals surface area contributed by atoms with Gasteiger partial charge in [-0.05, 0) is 31.6 Å². The fourth-order valence-electron chi connectivity index (χ4n) is 2.37. The third-order valence-electron chi connectivity index (χ3n) is 3.35. The molecule has 0 spiro atoms. The molecule has 0 aromatic carbocycles. The van der Waals surface area contributed by atoms with Gasteiger partial charge in [0, 0.05) is 25.6 Å². The Morgan fingerprint density at radius 1 is 1.22 bits per heavy atom. The van der Waals surface area contributed by atoms with Crippen molar-refractivity contribution in [2.24, 2.45) is 11.7 Å². The zero-order valence-corrected chi connectivity index (χ0v) is 10.9. The molecule has 0 aromatic rings. The maximum Gasteiger partial charge on any atom is 0.406 e. The topological polar surface area (TPSA) is 93.4 Å². The number of amides is 2. The molecule has 1 aliphatic rings. The van der Waals surface area contributed by atoms with Gasteiger partial charge in [-0.25, -0.2) is 4.79 Å². The summed E-state index contributed by atoms with van der Waals surface area (Å²) in [5.41, 5.74) is 5.19. The number of carbonyl (C=O) groups excluding carboxylic acids is 2. The van der Waals surface area contributed by atoms with E-state index in [0.29, 0.717) is 24.9 Å². The van der Waals surface area contributed by atoms with Crippen molar-refractivity contribution < 1.29 is 14.3 Å². The molecule has 1 fully saturated rings. The molecule has 1 rings (SSSR count). The second kappa shape index (κ2) is 7.92. The predicted molar refractivity (Wildman–Crippen MR) is 68.0 cm³/mol. The number of ether oxygens (including phenoxy) is 1. The van der Waals surface area contributed by atoms with Gasteiger partial charge in [-0.2, -0.15) is 0 Å². The van der Waals surface area contributed by atoms with E-state index in [-0.39, 0.29) is 5.91 Å². The molecule has 6 heteroatoms. The largest absolute Gasteiger partial charge is 0.453 e. The van der Waals surface area contributed by atoms with Crippen LogP contribution in [-0.4, -0.2) is 38.2 Å². The number of hydrogen-bond donors (Lipinski definition) is 3. The van der Waals surface area contributed by atoms with E-state index in [1.165, 1.54) is 7.11 Å². The van der Waals surface area contributed by atoms with E-state index in [9.17, 15) is 9.59 Å². The van der Waals surface area contributed by atoms with Gasteiger partial charge in [0.25, 0.3) is 0 Å². The third kappa shape index (κ3) is 5.86. The van der Waals surface area contributed by atoms with Crippen LogP contribution in [0.4, 0.5) is 4.79 Å². The number of alkyl carbamates (subject to hydrolysis) is 1. The van der Waals surface area contributed by atoms with Gasteiger partial charge in [0.05, 0.1) is 7.11 Å². The normalized spacial score (nSPS) is 23.4. The zero-order chi connectivity index (χ0) is 13.4. The van der Waals surface area contributed by atoms with Crippen molar-refractivity contribution in [1.82, 2.24) is 10.6 Å². The average Bonchev–Trinajstić information content (AvgIpc) is 2.35. The van der Waals surface area contributed by atoms with Gasteiger partial charge in [0.1, 0.15) is 0 Å². The van der Waals surface area contributed by atoms with Crippen LogP contribution in [0.2, 0.25) is 0 Å². The van der Waals surface area contributed by atoms with Gasteiger partial charge in [0.2, 0.25) is 5.91 Å². The third-order valence-corrected chi connectivity index (χ3v) is 3.35. The minimum absolute atomic E-state index is 0.200. The first kappa shape index (κ1) is 14.8. The highest BCUT2D eigenvalue weighted by Gasteiger charge is 2.21. The van der Waals surface area contributed by atoms with Gasteiger partial charge >= 0.3 is 6.09 Å². The summed E-state index contributed by atoms with van der Waals surface area (Å²) in [6.07, 6.45) is 4.33. The molecule has 0 radical (unpaired) electrons. The summed E-state index contributed by atoms with van der Waals surface area (Å²) in [6.45, 7) is 1.30. The lowest BCUT2D eigenvalue weighted by Crippen LogP contribution is -2.39. The summed E-state index contributed by atoms with van der Waals surface area (Å²) in [5.74, 6) is 0.252. The van der Waals surface area contributed by atoms with Crippen molar-refractivity contribution >= 4 is 12.0 Å². The molecule has 104 valence electrons. The Bertz CT molecular complexity index is 276. The van der Waals surface area contributed by atoms with Crippen LogP contribution in [0.15, 0.2) is 0 Å². The summed E-state index contributed by atoms with van der Waals surface area (Å²) in [6, 6.07) is 0.480. The first-order valence-electron chi connectivity index (χ1n) is 6.45. The van der Waals surface area contributed by atoms with Crippen LogP contribution >= 0.6 is 0 Å². The number of rotatable bonds is 6. The van der Waals surface area contributed by atoms with Gasteiger partial charge in [0.15, 0.2) is 0 Å². The molecular weight excluding hydrogens is 234 g/mol. The fraction of sp³-hybridized carbons (Fsp3) is 0.833. The molecular formula is C12H23N3O3. The lowest BCUT2D eigenvalue weighted by molar-refractivity contribution is -0.119. The Labute approximate surface area is 108 Å². The molecule has 18 heavy (non-hydrogen) atoms. The van der Waals surface area contributed by atoms with Gasteiger partial charge < -0.3 is 21.1 Å². The number of primary amides is 1. The first-order valence-corrected chi connectivity index (χ1v) is 6.45. The molecule has 0 heterocycles. The van der Waals surface area contributed by atoms with Crippen molar-refractivity contribution in [3.05, 3.63) is 0 Å². The van der Waals surface area contributed by atoms with E-state index in [1.807, 2.05) is 0 Å². The van der Waals surface area contributed by atoms with E-state index in [0.717, 1.165) is 32.2 Å². The van der Waals surface area contributed by atoms with E-state index >= 15 is 0 Å². The van der Waals surface area contributed by atoms with Crippen LogP contribution in [0.5, 0.6) is 0 Å². The number of nitrogens with two attached hydrogens (primary N) is 1. The van der Waals surface area contributed by atoms with Crippen LogP contribution < -0.4 is 16.4 Å². The quantitative estimate of drug-likeness (QED) is 0.599. The minimum Gasteiger partial charge on any atom is -0.453 e. The Morgan fingerprint density at radius 3 is 2.44 bits per heavy atom. The second-order valence-electron chi connectivity index (χ2n) is 4.76. The highest BCUT2D eigenvalue weighted by atomic mass is 16.5. The number of carbonyl (C=O) groups is 2. The maximum atomic E-state index is 10.8. The molecule has 0 unspecified atom stereocenters. The lowest BCUT2D eigenvalue weighted by atomic mass is 9.84. The van der Waals surface area contributed by atoms with Crippen molar-refractivity contribution in [1.29, 1.82) is 0 Å². The molecule has 6 nitrogen and oxygen atoms in total. The molecule has 1 saturated carbocycles. The number of methoxy groups -OCH3 is 1. The molecule has 0 bridgehead atoms. The smallest absolute Gasteiger partial charge is 0.406 e. The maximum absolute atomic E-state index is 10.8. The standard InChI is InChI=1S/C12H23N3O3/c1-18-12(17)15-7-6-14-10-4-2-9(3-5-10)8-11(13)16/h9-10,14H,2-8H2,1H3,(H2,13,16)(H,15,17). The molecule has 4 N–H and O–H groups in total. The zero-order valence-electron chi connectivity index (χ0n) is 10.9. The Morgan fingerprint density at radius 2 is 1.89 bits per heavy atom. The van der Waals surface area contributed by atoms with Crippen LogP contribution in [-0.2, 0) is 9.53 Å². The summed E-state index contributed by atoms with van der Waals surface area (Å²) < 4.78 is 4.47. The first-order chi connectivity index (χ1) is 8.61. The van der Waals surface area contributed by atoms with E-state index in [1.54, 1.807) is 0 Å². The summed E-state index contributed by atoms with van der Waals surface area (Å²) in [7, 11) is 1.35. The van der Waals surface area contributed by atoms with E-state index in [4.69, 9.17) is 5.73 Å². The lowest BCUT2D eigenvalue weighted by Gasteiger charge is -2.28. The second-order valence-corrected chi connectivity index (χ2v) is 4.76.